The van der Waals surface area contributed by atoms with Crippen LogP contribution in [0.5, 0.6) is 0 Å². The van der Waals surface area contributed by atoms with Gasteiger partial charge in [0.2, 0.25) is 0 Å². The second-order valence-corrected chi connectivity index (χ2v) is 5.80. The number of halogens is 1. The lowest BCUT2D eigenvalue weighted by Crippen LogP contribution is -1.94. The zero-order chi connectivity index (χ0) is 13.1. The molecule has 0 radical (unpaired) electrons. The van der Waals surface area contributed by atoms with Gasteiger partial charge in [-0.2, -0.15) is 0 Å². The third-order valence-electron chi connectivity index (χ3n) is 3.23. The number of thioether (sulfide) groups is 1. The van der Waals surface area contributed by atoms with Gasteiger partial charge in [0.1, 0.15) is 0 Å². The van der Waals surface area contributed by atoms with E-state index in [4.69, 9.17) is 11.6 Å². The van der Waals surface area contributed by atoms with Gasteiger partial charge in [-0.3, -0.25) is 0 Å². The van der Waals surface area contributed by atoms with E-state index in [2.05, 4.69) is 62.6 Å². The monoisotopic (exact) mass is 276 g/mol. The van der Waals surface area contributed by atoms with Crippen molar-refractivity contribution in [3.63, 3.8) is 0 Å². The zero-order valence-electron chi connectivity index (χ0n) is 10.9. The van der Waals surface area contributed by atoms with Gasteiger partial charge in [0, 0.05) is 4.90 Å². The van der Waals surface area contributed by atoms with Gasteiger partial charge in [-0.25, -0.2) is 0 Å². The Hall–Kier alpha value is -0.920. The SMILES string of the molecule is CSc1ccc(C(Cl)c2ccc(C)c(C)c2)cc1. The first-order valence-electron chi connectivity index (χ1n) is 5.97. The number of hydrogen-bond acceptors (Lipinski definition) is 1. The van der Waals surface area contributed by atoms with Crippen LogP contribution in [0.4, 0.5) is 0 Å². The third kappa shape index (κ3) is 2.90. The minimum absolute atomic E-state index is 0.0693. The summed E-state index contributed by atoms with van der Waals surface area (Å²) in [6, 6.07) is 14.9. The standard InChI is InChI=1S/C16H17ClS/c1-11-4-5-14(10-12(11)2)16(17)13-6-8-15(18-3)9-7-13/h4-10,16H,1-3H3. The highest BCUT2D eigenvalue weighted by Crippen LogP contribution is 2.30. The van der Waals surface area contributed by atoms with Crippen molar-refractivity contribution in [1.82, 2.24) is 0 Å². The van der Waals surface area contributed by atoms with E-state index in [-0.39, 0.29) is 5.38 Å². The molecule has 0 heterocycles. The molecule has 0 aliphatic heterocycles. The Kier molecular flexibility index (Phi) is 4.36. The van der Waals surface area contributed by atoms with Gasteiger partial charge in [-0.05, 0) is 54.5 Å². The normalized spacial score (nSPS) is 12.4. The van der Waals surface area contributed by atoms with Gasteiger partial charge in [0.05, 0.1) is 5.38 Å². The molecule has 0 saturated carbocycles. The van der Waals surface area contributed by atoms with Crippen molar-refractivity contribution >= 4 is 23.4 Å². The van der Waals surface area contributed by atoms with Crippen molar-refractivity contribution in [2.24, 2.45) is 0 Å². The summed E-state index contributed by atoms with van der Waals surface area (Å²) in [5, 5.41) is -0.0693. The van der Waals surface area contributed by atoms with Gasteiger partial charge in [-0.1, -0.05) is 30.3 Å². The van der Waals surface area contributed by atoms with E-state index in [1.165, 1.54) is 16.0 Å². The summed E-state index contributed by atoms with van der Waals surface area (Å²) in [5.74, 6) is 0. The number of rotatable bonds is 3. The van der Waals surface area contributed by atoms with Crippen LogP contribution >= 0.6 is 23.4 Å². The third-order valence-corrected chi connectivity index (χ3v) is 4.48. The van der Waals surface area contributed by atoms with Crippen LogP contribution in [0.3, 0.4) is 0 Å². The molecule has 0 spiro atoms. The molecule has 1 atom stereocenters. The van der Waals surface area contributed by atoms with Gasteiger partial charge in [0.15, 0.2) is 0 Å². The quantitative estimate of drug-likeness (QED) is 0.538. The van der Waals surface area contributed by atoms with Gasteiger partial charge in [0.25, 0.3) is 0 Å². The highest BCUT2D eigenvalue weighted by molar-refractivity contribution is 7.98. The van der Waals surface area contributed by atoms with E-state index < -0.39 is 0 Å². The van der Waals surface area contributed by atoms with Crippen molar-refractivity contribution in [3.8, 4) is 0 Å². The molecule has 2 aromatic rings. The van der Waals surface area contributed by atoms with Gasteiger partial charge in [-0.15, -0.1) is 23.4 Å². The zero-order valence-corrected chi connectivity index (χ0v) is 12.5. The summed E-state index contributed by atoms with van der Waals surface area (Å²) in [7, 11) is 0. The Bertz CT molecular complexity index is 531. The Morgan fingerprint density at radius 2 is 1.50 bits per heavy atom. The largest absolute Gasteiger partial charge is 0.130 e. The second kappa shape index (κ2) is 5.81. The average Bonchev–Trinajstić information content (AvgIpc) is 2.41. The van der Waals surface area contributed by atoms with Crippen LogP contribution in [-0.4, -0.2) is 6.26 Å². The molecule has 0 aliphatic carbocycles. The summed E-state index contributed by atoms with van der Waals surface area (Å²) in [6.07, 6.45) is 2.08. The topological polar surface area (TPSA) is 0 Å². The molecule has 0 fully saturated rings. The summed E-state index contributed by atoms with van der Waals surface area (Å²) < 4.78 is 0. The first-order valence-corrected chi connectivity index (χ1v) is 7.63. The Morgan fingerprint density at radius 1 is 0.889 bits per heavy atom. The average molecular weight is 277 g/mol. The molecule has 2 aromatic carbocycles. The fraction of sp³-hybridized carbons (Fsp3) is 0.250. The number of hydrogen-bond donors (Lipinski definition) is 0. The summed E-state index contributed by atoms with van der Waals surface area (Å²) >= 11 is 8.29. The van der Waals surface area contributed by atoms with E-state index in [1.807, 2.05) is 0 Å². The molecule has 0 bridgehead atoms. The van der Waals surface area contributed by atoms with Gasteiger partial charge >= 0.3 is 0 Å². The Balaban J connectivity index is 2.28. The first kappa shape index (κ1) is 13.5. The van der Waals surface area contributed by atoms with E-state index in [9.17, 15) is 0 Å². The van der Waals surface area contributed by atoms with Crippen LogP contribution in [0.15, 0.2) is 47.4 Å². The van der Waals surface area contributed by atoms with Crippen LogP contribution in [0, 0.1) is 13.8 Å². The van der Waals surface area contributed by atoms with Gasteiger partial charge < -0.3 is 0 Å². The maximum Gasteiger partial charge on any atom is 0.0835 e. The molecule has 0 aliphatic rings. The van der Waals surface area contributed by atoms with Crippen LogP contribution in [0.1, 0.15) is 27.6 Å². The highest BCUT2D eigenvalue weighted by Gasteiger charge is 2.11. The van der Waals surface area contributed by atoms with Crippen molar-refractivity contribution in [3.05, 3.63) is 64.7 Å². The van der Waals surface area contributed by atoms with E-state index in [0.29, 0.717) is 0 Å². The van der Waals surface area contributed by atoms with Crippen molar-refractivity contribution in [1.29, 1.82) is 0 Å². The smallest absolute Gasteiger partial charge is 0.0835 e. The lowest BCUT2D eigenvalue weighted by Gasteiger charge is -2.12. The van der Waals surface area contributed by atoms with Crippen LogP contribution in [0.2, 0.25) is 0 Å². The predicted octanol–water partition coefficient (Wildman–Crippen LogP) is 5.35. The number of alkyl halides is 1. The van der Waals surface area contributed by atoms with Crippen molar-refractivity contribution in [2.75, 3.05) is 6.26 Å². The van der Waals surface area contributed by atoms with Crippen molar-refractivity contribution < 1.29 is 0 Å². The molecule has 18 heavy (non-hydrogen) atoms. The fourth-order valence-electron chi connectivity index (χ4n) is 1.89. The number of benzene rings is 2. The first-order chi connectivity index (χ1) is 8.61. The lowest BCUT2D eigenvalue weighted by atomic mass is 10.0. The number of aryl methyl sites for hydroxylation is 2. The van der Waals surface area contributed by atoms with E-state index in [0.717, 1.165) is 11.1 Å². The summed E-state index contributed by atoms with van der Waals surface area (Å²) in [6.45, 7) is 4.24. The lowest BCUT2D eigenvalue weighted by molar-refractivity contribution is 1.12. The van der Waals surface area contributed by atoms with Crippen molar-refractivity contribution in [2.45, 2.75) is 24.1 Å². The molecule has 2 heteroatoms. The minimum Gasteiger partial charge on any atom is -0.130 e. The Labute approximate surface area is 118 Å². The minimum atomic E-state index is -0.0693. The second-order valence-electron chi connectivity index (χ2n) is 4.48. The molecular weight excluding hydrogens is 260 g/mol. The molecule has 2 rings (SSSR count). The summed E-state index contributed by atoms with van der Waals surface area (Å²) in [5.41, 5.74) is 4.91. The molecule has 0 amide bonds. The molecule has 0 N–H and O–H groups in total. The summed E-state index contributed by atoms with van der Waals surface area (Å²) in [4.78, 5) is 1.27. The molecule has 1 unspecified atom stereocenters. The maximum absolute atomic E-state index is 6.54. The van der Waals surface area contributed by atoms with Crippen LogP contribution in [0.25, 0.3) is 0 Å². The molecule has 0 nitrogen and oxygen atoms in total. The molecule has 0 saturated heterocycles. The van der Waals surface area contributed by atoms with Crippen LogP contribution < -0.4 is 0 Å². The maximum atomic E-state index is 6.54. The highest BCUT2D eigenvalue weighted by atomic mass is 35.5. The fourth-order valence-corrected chi connectivity index (χ4v) is 2.58. The Morgan fingerprint density at radius 3 is 2.06 bits per heavy atom. The predicted molar refractivity (Wildman–Crippen MR) is 81.8 cm³/mol. The molecule has 0 aromatic heterocycles. The van der Waals surface area contributed by atoms with E-state index >= 15 is 0 Å². The molecular formula is C16H17ClS. The molecule has 94 valence electrons. The van der Waals surface area contributed by atoms with Crippen LogP contribution in [-0.2, 0) is 0 Å². The van der Waals surface area contributed by atoms with E-state index in [1.54, 1.807) is 11.8 Å².